The van der Waals surface area contributed by atoms with E-state index in [-0.39, 0.29) is 0 Å². The van der Waals surface area contributed by atoms with Crippen LogP contribution in [0, 0.1) is 0 Å². The fourth-order valence-electron chi connectivity index (χ4n) is 2.52. The van der Waals surface area contributed by atoms with Crippen molar-refractivity contribution in [2.75, 3.05) is 19.6 Å². The van der Waals surface area contributed by atoms with Crippen LogP contribution in [-0.2, 0) is 0 Å². The smallest absolute Gasteiger partial charge is 0.0349 e. The summed E-state index contributed by atoms with van der Waals surface area (Å²) in [5, 5.41) is 0. The Morgan fingerprint density at radius 2 is 2.12 bits per heavy atom. The van der Waals surface area contributed by atoms with E-state index in [1.165, 1.54) is 31.4 Å². The SMILES string of the molecule is NCCCN1CCCCC1c1ccncc1. The van der Waals surface area contributed by atoms with Gasteiger partial charge in [0.05, 0.1) is 0 Å². The third-order valence-corrected chi connectivity index (χ3v) is 3.35. The number of hydrogen-bond donors (Lipinski definition) is 1. The zero-order valence-corrected chi connectivity index (χ0v) is 9.81. The number of aromatic nitrogens is 1. The molecule has 2 heterocycles. The third-order valence-electron chi connectivity index (χ3n) is 3.35. The Morgan fingerprint density at radius 1 is 1.31 bits per heavy atom. The molecule has 0 bridgehead atoms. The predicted molar refractivity (Wildman–Crippen MR) is 66.1 cm³/mol. The topological polar surface area (TPSA) is 42.1 Å². The molecule has 2 rings (SSSR count). The van der Waals surface area contributed by atoms with Crippen LogP contribution in [0.15, 0.2) is 24.5 Å². The summed E-state index contributed by atoms with van der Waals surface area (Å²) < 4.78 is 0. The van der Waals surface area contributed by atoms with E-state index in [4.69, 9.17) is 5.73 Å². The third kappa shape index (κ3) is 2.80. The highest BCUT2D eigenvalue weighted by molar-refractivity contribution is 5.15. The molecule has 16 heavy (non-hydrogen) atoms. The van der Waals surface area contributed by atoms with Crippen LogP contribution in [0.3, 0.4) is 0 Å². The summed E-state index contributed by atoms with van der Waals surface area (Å²) in [7, 11) is 0. The molecule has 0 radical (unpaired) electrons. The van der Waals surface area contributed by atoms with Crippen molar-refractivity contribution in [1.29, 1.82) is 0 Å². The molecule has 0 aliphatic carbocycles. The fraction of sp³-hybridized carbons (Fsp3) is 0.615. The van der Waals surface area contributed by atoms with Gasteiger partial charge in [0.15, 0.2) is 0 Å². The van der Waals surface area contributed by atoms with Gasteiger partial charge in [-0.25, -0.2) is 0 Å². The summed E-state index contributed by atoms with van der Waals surface area (Å²) in [5.74, 6) is 0. The van der Waals surface area contributed by atoms with Gasteiger partial charge in [-0.05, 0) is 56.6 Å². The molecule has 1 aliphatic heterocycles. The molecule has 1 aliphatic rings. The molecule has 1 aromatic rings. The molecule has 1 aromatic heterocycles. The molecule has 2 N–H and O–H groups in total. The van der Waals surface area contributed by atoms with Gasteiger partial charge in [-0.1, -0.05) is 6.42 Å². The number of pyridine rings is 1. The van der Waals surface area contributed by atoms with E-state index in [0.717, 1.165) is 19.5 Å². The van der Waals surface area contributed by atoms with Crippen LogP contribution < -0.4 is 5.73 Å². The first-order chi connectivity index (χ1) is 7.92. The van der Waals surface area contributed by atoms with Crippen LogP contribution in [0.5, 0.6) is 0 Å². The van der Waals surface area contributed by atoms with E-state index >= 15 is 0 Å². The summed E-state index contributed by atoms with van der Waals surface area (Å²) in [6.07, 6.45) is 8.82. The first-order valence-electron chi connectivity index (χ1n) is 6.26. The standard InChI is InChI=1S/C13H21N3/c14-7-3-11-16-10-2-1-4-13(16)12-5-8-15-9-6-12/h5-6,8-9,13H,1-4,7,10-11,14H2. The minimum Gasteiger partial charge on any atom is -0.330 e. The molecule has 0 amide bonds. The van der Waals surface area contributed by atoms with Crippen LogP contribution in [0.1, 0.15) is 37.3 Å². The predicted octanol–water partition coefficient (Wildman–Crippen LogP) is 1.96. The van der Waals surface area contributed by atoms with Gasteiger partial charge in [0, 0.05) is 18.4 Å². The van der Waals surface area contributed by atoms with Gasteiger partial charge in [0.25, 0.3) is 0 Å². The van der Waals surface area contributed by atoms with E-state index < -0.39 is 0 Å². The van der Waals surface area contributed by atoms with Crippen molar-refractivity contribution in [2.24, 2.45) is 5.73 Å². The van der Waals surface area contributed by atoms with E-state index in [0.29, 0.717) is 6.04 Å². The van der Waals surface area contributed by atoms with Gasteiger partial charge in [-0.15, -0.1) is 0 Å². The average Bonchev–Trinajstić information content (AvgIpc) is 2.38. The summed E-state index contributed by atoms with van der Waals surface area (Å²) >= 11 is 0. The quantitative estimate of drug-likeness (QED) is 0.841. The van der Waals surface area contributed by atoms with Crippen molar-refractivity contribution >= 4 is 0 Å². The Morgan fingerprint density at radius 3 is 2.88 bits per heavy atom. The molecular formula is C13H21N3. The van der Waals surface area contributed by atoms with E-state index in [1.54, 1.807) is 0 Å². The van der Waals surface area contributed by atoms with Gasteiger partial charge in [0.1, 0.15) is 0 Å². The monoisotopic (exact) mass is 219 g/mol. The number of nitrogens with zero attached hydrogens (tertiary/aromatic N) is 2. The summed E-state index contributed by atoms with van der Waals surface area (Å²) in [6, 6.07) is 4.87. The minimum atomic E-state index is 0.586. The number of nitrogens with two attached hydrogens (primary N) is 1. The van der Waals surface area contributed by atoms with Gasteiger partial charge >= 0.3 is 0 Å². The highest BCUT2D eigenvalue weighted by atomic mass is 15.2. The molecule has 0 saturated carbocycles. The van der Waals surface area contributed by atoms with Gasteiger partial charge in [-0.2, -0.15) is 0 Å². The molecule has 3 heteroatoms. The van der Waals surface area contributed by atoms with E-state index in [9.17, 15) is 0 Å². The van der Waals surface area contributed by atoms with Crippen LogP contribution in [0.4, 0.5) is 0 Å². The second-order valence-corrected chi connectivity index (χ2v) is 4.47. The molecule has 1 fully saturated rings. The lowest BCUT2D eigenvalue weighted by Crippen LogP contribution is -2.34. The minimum absolute atomic E-state index is 0.586. The number of hydrogen-bond acceptors (Lipinski definition) is 3. The Balaban J connectivity index is 2.04. The lowest BCUT2D eigenvalue weighted by atomic mass is 9.96. The molecular weight excluding hydrogens is 198 g/mol. The zero-order chi connectivity index (χ0) is 11.2. The van der Waals surface area contributed by atoms with Crippen LogP contribution in [0.2, 0.25) is 0 Å². The van der Waals surface area contributed by atoms with Gasteiger partial charge in [0.2, 0.25) is 0 Å². The van der Waals surface area contributed by atoms with E-state index in [1.807, 2.05) is 12.4 Å². The molecule has 0 spiro atoms. The largest absolute Gasteiger partial charge is 0.330 e. The first kappa shape index (κ1) is 11.6. The van der Waals surface area contributed by atoms with Crippen molar-refractivity contribution in [1.82, 2.24) is 9.88 Å². The van der Waals surface area contributed by atoms with Crippen molar-refractivity contribution < 1.29 is 0 Å². The maximum Gasteiger partial charge on any atom is 0.0349 e. The van der Waals surface area contributed by atoms with Crippen molar-refractivity contribution in [3.05, 3.63) is 30.1 Å². The van der Waals surface area contributed by atoms with Gasteiger partial charge in [-0.3, -0.25) is 9.88 Å². The second-order valence-electron chi connectivity index (χ2n) is 4.47. The van der Waals surface area contributed by atoms with Gasteiger partial charge < -0.3 is 5.73 Å². The number of piperidine rings is 1. The molecule has 88 valence electrons. The maximum absolute atomic E-state index is 5.59. The Bertz CT molecular complexity index is 299. The Labute approximate surface area is 97.7 Å². The lowest BCUT2D eigenvalue weighted by Gasteiger charge is -2.36. The van der Waals surface area contributed by atoms with Crippen LogP contribution in [-0.4, -0.2) is 29.5 Å². The fourth-order valence-corrected chi connectivity index (χ4v) is 2.52. The number of rotatable bonds is 4. The molecule has 0 aromatic carbocycles. The van der Waals surface area contributed by atoms with Crippen LogP contribution in [0.25, 0.3) is 0 Å². The first-order valence-corrected chi connectivity index (χ1v) is 6.26. The molecule has 1 unspecified atom stereocenters. The normalized spacial score (nSPS) is 22.2. The highest BCUT2D eigenvalue weighted by Crippen LogP contribution is 2.30. The van der Waals surface area contributed by atoms with Crippen molar-refractivity contribution in [3.63, 3.8) is 0 Å². The maximum atomic E-state index is 5.59. The zero-order valence-electron chi connectivity index (χ0n) is 9.81. The average molecular weight is 219 g/mol. The Hall–Kier alpha value is -0.930. The summed E-state index contributed by atoms with van der Waals surface area (Å²) in [6.45, 7) is 3.13. The summed E-state index contributed by atoms with van der Waals surface area (Å²) in [4.78, 5) is 6.66. The molecule has 1 saturated heterocycles. The summed E-state index contributed by atoms with van der Waals surface area (Å²) in [5.41, 5.74) is 7.00. The number of likely N-dealkylation sites (tertiary alicyclic amines) is 1. The Kier molecular flexibility index (Phi) is 4.31. The second kappa shape index (κ2) is 5.97. The van der Waals surface area contributed by atoms with Crippen LogP contribution >= 0.6 is 0 Å². The van der Waals surface area contributed by atoms with E-state index in [2.05, 4.69) is 22.0 Å². The molecule has 3 nitrogen and oxygen atoms in total. The lowest BCUT2D eigenvalue weighted by molar-refractivity contribution is 0.148. The van der Waals surface area contributed by atoms with Crippen molar-refractivity contribution in [3.8, 4) is 0 Å². The highest BCUT2D eigenvalue weighted by Gasteiger charge is 2.22. The molecule has 1 atom stereocenters. The van der Waals surface area contributed by atoms with Crippen molar-refractivity contribution in [2.45, 2.75) is 31.7 Å².